The Labute approximate surface area is 129 Å². The molecule has 0 aliphatic carbocycles. The van der Waals surface area contributed by atoms with Gasteiger partial charge in [-0.05, 0) is 72.3 Å². The second kappa shape index (κ2) is 5.94. The molecule has 20 heavy (non-hydrogen) atoms. The predicted molar refractivity (Wildman–Crippen MR) is 86.7 cm³/mol. The molecule has 0 bridgehead atoms. The summed E-state index contributed by atoms with van der Waals surface area (Å²) in [6.45, 7) is 4.74. The van der Waals surface area contributed by atoms with Crippen molar-refractivity contribution in [3.63, 3.8) is 0 Å². The molecule has 1 aromatic rings. The van der Waals surface area contributed by atoms with E-state index in [1.54, 1.807) is 7.11 Å². The normalized spacial score (nSPS) is 22.0. The number of nitrogens with zero attached hydrogens (tertiary/aromatic N) is 1. The number of methoxy groups -OCH3 is 1. The van der Waals surface area contributed by atoms with Gasteiger partial charge in [0.2, 0.25) is 0 Å². The van der Waals surface area contributed by atoms with E-state index in [0.717, 1.165) is 10.2 Å². The van der Waals surface area contributed by atoms with Crippen molar-refractivity contribution >= 4 is 21.6 Å². The Kier molecular flexibility index (Phi) is 4.22. The molecule has 2 saturated heterocycles. The molecule has 1 spiro atoms. The molecule has 2 heterocycles. The van der Waals surface area contributed by atoms with Gasteiger partial charge >= 0.3 is 0 Å². The summed E-state index contributed by atoms with van der Waals surface area (Å²) >= 11 is 3.52. The predicted octanol–water partition coefficient (Wildman–Crippen LogP) is 3.43. The number of hydrogen-bond acceptors (Lipinski definition) is 3. The van der Waals surface area contributed by atoms with Gasteiger partial charge in [0.25, 0.3) is 0 Å². The van der Waals surface area contributed by atoms with E-state index in [9.17, 15) is 0 Å². The maximum absolute atomic E-state index is 5.40. The third kappa shape index (κ3) is 2.82. The van der Waals surface area contributed by atoms with Crippen molar-refractivity contribution in [2.45, 2.75) is 25.7 Å². The van der Waals surface area contributed by atoms with Crippen LogP contribution in [0.1, 0.15) is 25.7 Å². The van der Waals surface area contributed by atoms with E-state index in [0.29, 0.717) is 5.41 Å². The van der Waals surface area contributed by atoms with Crippen molar-refractivity contribution < 1.29 is 4.74 Å². The van der Waals surface area contributed by atoms with E-state index in [2.05, 4.69) is 44.3 Å². The molecule has 1 N–H and O–H groups in total. The summed E-state index contributed by atoms with van der Waals surface area (Å²) in [5.74, 6) is 0.921. The standard InChI is InChI=1S/C16H23BrN2O/c1-20-15-12-13(2-3-14(15)17)19-10-6-16(7-11-19)4-8-18-9-5-16/h2-3,12,18H,4-11H2,1H3. The van der Waals surface area contributed by atoms with Gasteiger partial charge in [-0.3, -0.25) is 0 Å². The molecule has 0 unspecified atom stereocenters. The van der Waals surface area contributed by atoms with Gasteiger partial charge in [0, 0.05) is 24.8 Å². The Morgan fingerprint density at radius 2 is 1.85 bits per heavy atom. The number of piperidine rings is 2. The van der Waals surface area contributed by atoms with Crippen molar-refractivity contribution in [3.8, 4) is 5.75 Å². The second-order valence-electron chi connectivity index (χ2n) is 6.06. The molecule has 0 radical (unpaired) electrons. The first kappa shape index (κ1) is 14.2. The van der Waals surface area contributed by atoms with E-state index in [-0.39, 0.29) is 0 Å². The summed E-state index contributed by atoms with van der Waals surface area (Å²) in [4.78, 5) is 2.50. The summed E-state index contributed by atoms with van der Waals surface area (Å²) in [7, 11) is 1.73. The topological polar surface area (TPSA) is 24.5 Å². The molecule has 3 rings (SSSR count). The summed E-state index contributed by atoms with van der Waals surface area (Å²) in [6.07, 6.45) is 5.36. The summed E-state index contributed by atoms with van der Waals surface area (Å²) in [5.41, 5.74) is 1.90. The molecule has 4 heteroatoms. The van der Waals surface area contributed by atoms with Crippen LogP contribution >= 0.6 is 15.9 Å². The number of nitrogens with one attached hydrogen (secondary N) is 1. The average molecular weight is 339 g/mol. The van der Waals surface area contributed by atoms with Gasteiger partial charge in [0.05, 0.1) is 11.6 Å². The molecule has 0 saturated carbocycles. The quantitative estimate of drug-likeness (QED) is 0.894. The van der Waals surface area contributed by atoms with Gasteiger partial charge in [0.15, 0.2) is 0 Å². The smallest absolute Gasteiger partial charge is 0.135 e. The highest BCUT2D eigenvalue weighted by Crippen LogP contribution is 2.41. The number of anilines is 1. The van der Waals surface area contributed by atoms with Crippen molar-refractivity contribution in [1.82, 2.24) is 5.32 Å². The number of benzene rings is 1. The molecule has 1 aromatic carbocycles. The van der Waals surface area contributed by atoms with Gasteiger partial charge in [-0.2, -0.15) is 0 Å². The fraction of sp³-hybridized carbons (Fsp3) is 0.625. The first-order valence-corrected chi connectivity index (χ1v) is 8.31. The molecule has 110 valence electrons. The number of halogens is 1. The second-order valence-corrected chi connectivity index (χ2v) is 6.91. The molecule has 3 nitrogen and oxygen atoms in total. The van der Waals surface area contributed by atoms with Crippen LogP contribution in [0.4, 0.5) is 5.69 Å². The lowest BCUT2D eigenvalue weighted by Crippen LogP contribution is -2.45. The molecule has 0 atom stereocenters. The van der Waals surface area contributed by atoms with E-state index < -0.39 is 0 Å². The summed E-state index contributed by atoms with van der Waals surface area (Å²) in [5, 5.41) is 3.49. The fourth-order valence-electron chi connectivity index (χ4n) is 3.54. The summed E-state index contributed by atoms with van der Waals surface area (Å²) in [6, 6.07) is 6.42. The maximum Gasteiger partial charge on any atom is 0.135 e. The largest absolute Gasteiger partial charge is 0.495 e. The Hall–Kier alpha value is -0.740. The lowest BCUT2D eigenvalue weighted by molar-refractivity contribution is 0.155. The van der Waals surface area contributed by atoms with Crippen molar-refractivity contribution in [1.29, 1.82) is 0 Å². The molecule has 2 aliphatic rings. The van der Waals surface area contributed by atoms with E-state index in [1.807, 2.05) is 0 Å². The Morgan fingerprint density at radius 3 is 2.50 bits per heavy atom. The third-order valence-electron chi connectivity index (χ3n) is 4.99. The molecular weight excluding hydrogens is 316 g/mol. The molecule has 2 fully saturated rings. The van der Waals surface area contributed by atoms with Crippen LogP contribution in [-0.2, 0) is 0 Å². The zero-order valence-corrected chi connectivity index (χ0v) is 13.7. The summed E-state index contributed by atoms with van der Waals surface area (Å²) < 4.78 is 6.43. The highest BCUT2D eigenvalue weighted by Gasteiger charge is 2.35. The number of rotatable bonds is 2. The van der Waals surface area contributed by atoms with Crippen LogP contribution < -0.4 is 15.0 Å². The van der Waals surface area contributed by atoms with Crippen LogP contribution in [0.5, 0.6) is 5.75 Å². The van der Waals surface area contributed by atoms with Crippen LogP contribution in [-0.4, -0.2) is 33.3 Å². The van der Waals surface area contributed by atoms with Crippen LogP contribution in [0.3, 0.4) is 0 Å². The SMILES string of the molecule is COc1cc(N2CCC3(CCNCC3)CC2)ccc1Br. The van der Waals surface area contributed by atoms with Crippen LogP contribution in [0.2, 0.25) is 0 Å². The van der Waals surface area contributed by atoms with Gasteiger partial charge in [-0.1, -0.05) is 0 Å². The van der Waals surface area contributed by atoms with Gasteiger partial charge in [-0.25, -0.2) is 0 Å². The van der Waals surface area contributed by atoms with Crippen LogP contribution in [0.25, 0.3) is 0 Å². The van der Waals surface area contributed by atoms with Crippen LogP contribution in [0, 0.1) is 5.41 Å². The van der Waals surface area contributed by atoms with Gasteiger partial charge in [-0.15, -0.1) is 0 Å². The average Bonchev–Trinajstić information content (AvgIpc) is 2.50. The molecular formula is C16H23BrN2O. The molecule has 0 amide bonds. The lowest BCUT2D eigenvalue weighted by atomic mass is 9.71. The highest BCUT2D eigenvalue weighted by molar-refractivity contribution is 9.10. The first-order chi connectivity index (χ1) is 9.72. The number of hydrogen-bond donors (Lipinski definition) is 1. The Bertz CT molecular complexity index is 462. The number of ether oxygens (including phenoxy) is 1. The molecule has 0 aromatic heterocycles. The lowest BCUT2D eigenvalue weighted by Gasteiger charge is -2.45. The van der Waals surface area contributed by atoms with E-state index in [4.69, 9.17) is 4.74 Å². The zero-order valence-electron chi connectivity index (χ0n) is 12.1. The Morgan fingerprint density at radius 1 is 1.15 bits per heavy atom. The minimum absolute atomic E-state index is 0.612. The fourth-order valence-corrected chi connectivity index (χ4v) is 3.95. The van der Waals surface area contributed by atoms with Gasteiger partial charge < -0.3 is 15.0 Å². The zero-order chi connectivity index (χ0) is 14.0. The highest BCUT2D eigenvalue weighted by atomic mass is 79.9. The van der Waals surface area contributed by atoms with Crippen LogP contribution in [0.15, 0.2) is 22.7 Å². The van der Waals surface area contributed by atoms with Crippen molar-refractivity contribution in [2.24, 2.45) is 5.41 Å². The van der Waals surface area contributed by atoms with Gasteiger partial charge in [0.1, 0.15) is 5.75 Å². The van der Waals surface area contributed by atoms with Crippen molar-refractivity contribution in [3.05, 3.63) is 22.7 Å². The maximum atomic E-state index is 5.40. The minimum atomic E-state index is 0.612. The molecule has 2 aliphatic heterocycles. The van der Waals surface area contributed by atoms with Crippen molar-refractivity contribution in [2.75, 3.05) is 38.2 Å². The van der Waals surface area contributed by atoms with E-state index in [1.165, 1.54) is 57.5 Å². The Balaban J connectivity index is 1.68. The monoisotopic (exact) mass is 338 g/mol. The third-order valence-corrected chi connectivity index (χ3v) is 5.64. The van der Waals surface area contributed by atoms with E-state index >= 15 is 0 Å². The minimum Gasteiger partial charge on any atom is -0.495 e. The first-order valence-electron chi connectivity index (χ1n) is 7.52.